The SMILES string of the molecule is C=CC(=O)OCCc1ccc(OC)c(-c2cc(C(C)(C)C)cc(C(C)(C)C)c2OCCCC)c1. The molecule has 0 heterocycles. The smallest absolute Gasteiger partial charge is 0.330 e. The van der Waals surface area contributed by atoms with Gasteiger partial charge in [-0.1, -0.05) is 73.6 Å². The summed E-state index contributed by atoms with van der Waals surface area (Å²) < 4.78 is 17.5. The lowest BCUT2D eigenvalue weighted by atomic mass is 9.78. The molecule has 0 amide bonds. The van der Waals surface area contributed by atoms with Crippen LogP contribution in [0.3, 0.4) is 0 Å². The highest BCUT2D eigenvalue weighted by atomic mass is 16.5. The molecule has 34 heavy (non-hydrogen) atoms. The van der Waals surface area contributed by atoms with Crippen molar-refractivity contribution in [3.05, 3.63) is 59.7 Å². The molecular formula is C30H42O4. The van der Waals surface area contributed by atoms with Crippen LogP contribution in [0.1, 0.15) is 78.0 Å². The van der Waals surface area contributed by atoms with Crippen LogP contribution in [0.25, 0.3) is 11.1 Å². The van der Waals surface area contributed by atoms with Gasteiger partial charge in [0.1, 0.15) is 11.5 Å². The number of esters is 1. The van der Waals surface area contributed by atoms with Crippen molar-refractivity contribution in [3.8, 4) is 22.6 Å². The zero-order valence-electron chi connectivity index (χ0n) is 22.3. The largest absolute Gasteiger partial charge is 0.496 e. The van der Waals surface area contributed by atoms with E-state index in [1.165, 1.54) is 17.2 Å². The molecule has 0 unspecified atom stereocenters. The van der Waals surface area contributed by atoms with Crippen LogP contribution in [-0.4, -0.2) is 26.3 Å². The number of hydrogen-bond acceptors (Lipinski definition) is 4. The van der Waals surface area contributed by atoms with E-state index in [-0.39, 0.29) is 10.8 Å². The van der Waals surface area contributed by atoms with Gasteiger partial charge in [-0.2, -0.15) is 0 Å². The Morgan fingerprint density at radius 3 is 2.24 bits per heavy atom. The van der Waals surface area contributed by atoms with Crippen molar-refractivity contribution in [1.29, 1.82) is 0 Å². The molecule has 0 N–H and O–H groups in total. The minimum absolute atomic E-state index is 0.0273. The van der Waals surface area contributed by atoms with Gasteiger partial charge in [0.05, 0.1) is 20.3 Å². The Morgan fingerprint density at radius 1 is 0.971 bits per heavy atom. The van der Waals surface area contributed by atoms with Crippen LogP contribution in [0.2, 0.25) is 0 Å². The summed E-state index contributed by atoms with van der Waals surface area (Å²) in [4.78, 5) is 11.4. The number of carbonyl (C=O) groups is 1. The van der Waals surface area contributed by atoms with Crippen LogP contribution >= 0.6 is 0 Å². The quantitative estimate of drug-likeness (QED) is 0.208. The van der Waals surface area contributed by atoms with Crippen LogP contribution in [0.15, 0.2) is 43.0 Å². The summed E-state index contributed by atoms with van der Waals surface area (Å²) in [6.45, 7) is 20.0. The summed E-state index contributed by atoms with van der Waals surface area (Å²) in [5, 5.41) is 0. The maximum absolute atomic E-state index is 11.4. The molecule has 2 rings (SSSR count). The molecule has 0 aliphatic carbocycles. The Balaban J connectivity index is 2.71. The average Bonchev–Trinajstić information content (AvgIpc) is 2.77. The van der Waals surface area contributed by atoms with E-state index < -0.39 is 5.97 Å². The first-order chi connectivity index (χ1) is 15.9. The standard InChI is InChI=1S/C30H42O4/c1-10-12-16-34-28-24(19-22(29(3,4)5)20-25(28)30(6,7)8)23-18-21(13-14-26(23)32-9)15-17-33-27(31)11-2/h11,13-14,18-20H,2,10,12,15-17H2,1,3-9H3. The van der Waals surface area contributed by atoms with Crippen molar-refractivity contribution in [2.45, 2.75) is 78.6 Å². The Bertz CT molecular complexity index is 990. The monoisotopic (exact) mass is 466 g/mol. The van der Waals surface area contributed by atoms with Gasteiger partial charge < -0.3 is 14.2 Å². The molecule has 4 nitrogen and oxygen atoms in total. The van der Waals surface area contributed by atoms with E-state index in [0.717, 1.165) is 41.0 Å². The van der Waals surface area contributed by atoms with Crippen LogP contribution in [0.4, 0.5) is 0 Å². The Labute approximate surface area is 206 Å². The Morgan fingerprint density at radius 2 is 1.68 bits per heavy atom. The second-order valence-electron chi connectivity index (χ2n) is 10.8. The lowest BCUT2D eigenvalue weighted by Crippen LogP contribution is -2.19. The van der Waals surface area contributed by atoms with Crippen molar-refractivity contribution >= 4 is 5.97 Å². The Kier molecular flexibility index (Phi) is 9.37. The van der Waals surface area contributed by atoms with E-state index in [9.17, 15) is 4.79 Å². The molecule has 0 aliphatic heterocycles. The van der Waals surface area contributed by atoms with Gasteiger partial charge >= 0.3 is 5.97 Å². The second-order valence-corrected chi connectivity index (χ2v) is 10.8. The van der Waals surface area contributed by atoms with Gasteiger partial charge in [-0.25, -0.2) is 4.79 Å². The van der Waals surface area contributed by atoms with E-state index >= 15 is 0 Å². The number of rotatable bonds is 10. The summed E-state index contributed by atoms with van der Waals surface area (Å²) in [6.07, 6.45) is 3.86. The van der Waals surface area contributed by atoms with Gasteiger partial charge in [0.2, 0.25) is 0 Å². The first-order valence-corrected chi connectivity index (χ1v) is 12.2. The highest BCUT2D eigenvalue weighted by molar-refractivity contribution is 5.81. The molecule has 0 spiro atoms. The minimum Gasteiger partial charge on any atom is -0.496 e. The first kappa shape index (κ1) is 27.5. The molecule has 0 aliphatic rings. The lowest BCUT2D eigenvalue weighted by molar-refractivity contribution is -0.137. The van der Waals surface area contributed by atoms with E-state index in [0.29, 0.717) is 19.6 Å². The summed E-state index contributed by atoms with van der Waals surface area (Å²) in [5.74, 6) is 1.30. The van der Waals surface area contributed by atoms with Crippen molar-refractivity contribution in [1.82, 2.24) is 0 Å². The number of methoxy groups -OCH3 is 1. The highest BCUT2D eigenvalue weighted by Crippen LogP contribution is 2.45. The third kappa shape index (κ3) is 7.12. The second kappa shape index (κ2) is 11.6. The predicted octanol–water partition coefficient (Wildman–Crippen LogP) is 7.41. The molecule has 186 valence electrons. The molecule has 2 aromatic carbocycles. The van der Waals surface area contributed by atoms with Crippen LogP contribution in [-0.2, 0) is 26.8 Å². The van der Waals surface area contributed by atoms with Crippen LogP contribution in [0, 0.1) is 0 Å². The molecule has 0 radical (unpaired) electrons. The number of ether oxygens (including phenoxy) is 3. The maximum atomic E-state index is 11.4. The molecule has 0 saturated heterocycles. The molecule has 0 fully saturated rings. The molecular weight excluding hydrogens is 424 g/mol. The highest BCUT2D eigenvalue weighted by Gasteiger charge is 2.27. The number of carbonyl (C=O) groups excluding carboxylic acids is 1. The fourth-order valence-electron chi connectivity index (χ4n) is 3.74. The molecule has 0 atom stereocenters. The third-order valence-electron chi connectivity index (χ3n) is 5.86. The minimum atomic E-state index is -0.409. The van der Waals surface area contributed by atoms with Crippen LogP contribution < -0.4 is 9.47 Å². The van der Waals surface area contributed by atoms with Gasteiger partial charge in [-0.05, 0) is 46.6 Å². The maximum Gasteiger partial charge on any atom is 0.330 e. The van der Waals surface area contributed by atoms with Gasteiger partial charge in [0.25, 0.3) is 0 Å². The van der Waals surface area contributed by atoms with E-state index in [1.54, 1.807) is 7.11 Å². The summed E-state index contributed by atoms with van der Waals surface area (Å²) in [7, 11) is 1.69. The van der Waals surface area contributed by atoms with Crippen molar-refractivity contribution in [2.75, 3.05) is 20.3 Å². The summed E-state index contributed by atoms with van der Waals surface area (Å²) in [6, 6.07) is 10.7. The third-order valence-corrected chi connectivity index (χ3v) is 5.86. The molecule has 2 aromatic rings. The van der Waals surface area contributed by atoms with Gasteiger partial charge in [-0.3, -0.25) is 0 Å². The lowest BCUT2D eigenvalue weighted by Gasteiger charge is -2.30. The van der Waals surface area contributed by atoms with Gasteiger partial charge in [-0.15, -0.1) is 0 Å². The number of benzene rings is 2. The van der Waals surface area contributed by atoms with Crippen molar-refractivity contribution in [2.24, 2.45) is 0 Å². The fraction of sp³-hybridized carbons (Fsp3) is 0.500. The van der Waals surface area contributed by atoms with Crippen molar-refractivity contribution < 1.29 is 19.0 Å². The van der Waals surface area contributed by atoms with Crippen molar-refractivity contribution in [3.63, 3.8) is 0 Å². The number of hydrogen-bond donors (Lipinski definition) is 0. The Hall–Kier alpha value is -2.75. The van der Waals surface area contributed by atoms with E-state index in [1.807, 2.05) is 12.1 Å². The van der Waals surface area contributed by atoms with Gasteiger partial charge in [0.15, 0.2) is 0 Å². The molecule has 0 aromatic heterocycles. The summed E-state index contributed by atoms with van der Waals surface area (Å²) in [5.41, 5.74) is 5.40. The first-order valence-electron chi connectivity index (χ1n) is 12.2. The van der Waals surface area contributed by atoms with Gasteiger partial charge in [0, 0.05) is 29.2 Å². The molecule has 0 saturated carbocycles. The average molecular weight is 467 g/mol. The predicted molar refractivity (Wildman–Crippen MR) is 141 cm³/mol. The van der Waals surface area contributed by atoms with Crippen LogP contribution in [0.5, 0.6) is 11.5 Å². The zero-order chi connectivity index (χ0) is 25.5. The van der Waals surface area contributed by atoms with E-state index in [2.05, 4.69) is 73.2 Å². The fourth-order valence-corrected chi connectivity index (χ4v) is 3.74. The topological polar surface area (TPSA) is 44.8 Å². The molecule has 4 heteroatoms. The zero-order valence-corrected chi connectivity index (χ0v) is 22.3. The normalized spacial score (nSPS) is 11.8. The molecule has 0 bridgehead atoms. The van der Waals surface area contributed by atoms with E-state index in [4.69, 9.17) is 14.2 Å². The summed E-state index contributed by atoms with van der Waals surface area (Å²) >= 11 is 0. The number of unbranched alkanes of at least 4 members (excludes halogenated alkanes) is 1.